The molecule has 0 saturated heterocycles. The molecule has 6 nitrogen and oxygen atoms in total. The Balaban J connectivity index is 1.65. The van der Waals surface area contributed by atoms with Gasteiger partial charge in [0.05, 0.1) is 5.71 Å². The van der Waals surface area contributed by atoms with Crippen molar-refractivity contribution in [2.45, 2.75) is 13.0 Å². The number of fused-ring (bicyclic) bond motifs is 1. The maximum atomic E-state index is 11.9. The van der Waals surface area contributed by atoms with Crippen molar-refractivity contribution in [3.63, 3.8) is 0 Å². The third-order valence-electron chi connectivity index (χ3n) is 3.25. The minimum atomic E-state index is -0.326. The SMILES string of the molecule is C/C(=N/NC(=O)c1ccncc1)[C@H]1COc2ccccc2O1. The Labute approximate surface area is 127 Å². The Bertz CT molecular complexity index is 701. The van der Waals surface area contributed by atoms with Gasteiger partial charge in [0.25, 0.3) is 5.91 Å². The Morgan fingerprint density at radius 1 is 1.23 bits per heavy atom. The molecule has 1 aromatic heterocycles. The molecule has 2 aromatic rings. The van der Waals surface area contributed by atoms with Gasteiger partial charge in [0, 0.05) is 18.0 Å². The zero-order valence-corrected chi connectivity index (χ0v) is 12.0. The van der Waals surface area contributed by atoms with Crippen molar-refractivity contribution < 1.29 is 14.3 Å². The van der Waals surface area contributed by atoms with E-state index >= 15 is 0 Å². The van der Waals surface area contributed by atoms with Gasteiger partial charge in [-0.1, -0.05) is 12.1 Å². The highest BCUT2D eigenvalue weighted by molar-refractivity contribution is 5.95. The maximum Gasteiger partial charge on any atom is 0.271 e. The fourth-order valence-electron chi connectivity index (χ4n) is 2.00. The van der Waals surface area contributed by atoms with Crippen molar-refractivity contribution in [2.24, 2.45) is 5.10 Å². The number of carbonyl (C=O) groups excluding carboxylic acids is 1. The van der Waals surface area contributed by atoms with Gasteiger partial charge in [-0.15, -0.1) is 0 Å². The number of ether oxygens (including phenoxy) is 2. The van der Waals surface area contributed by atoms with E-state index in [-0.39, 0.29) is 12.0 Å². The summed E-state index contributed by atoms with van der Waals surface area (Å²) in [5.41, 5.74) is 3.64. The number of hydrogen-bond acceptors (Lipinski definition) is 5. The van der Waals surface area contributed by atoms with E-state index in [0.29, 0.717) is 29.4 Å². The summed E-state index contributed by atoms with van der Waals surface area (Å²) in [5, 5.41) is 4.09. The van der Waals surface area contributed by atoms with Crippen molar-refractivity contribution in [1.82, 2.24) is 10.4 Å². The lowest BCUT2D eigenvalue weighted by Crippen LogP contribution is -2.36. The molecule has 0 spiro atoms. The topological polar surface area (TPSA) is 72.8 Å². The van der Waals surface area contributed by atoms with Gasteiger partial charge in [-0.3, -0.25) is 9.78 Å². The number of hydrazone groups is 1. The van der Waals surface area contributed by atoms with E-state index in [1.54, 1.807) is 31.5 Å². The molecule has 1 aliphatic rings. The molecule has 0 saturated carbocycles. The summed E-state index contributed by atoms with van der Waals surface area (Å²) in [4.78, 5) is 15.8. The van der Waals surface area contributed by atoms with Gasteiger partial charge in [0.2, 0.25) is 0 Å². The molecule has 0 radical (unpaired) electrons. The Kier molecular flexibility index (Phi) is 4.00. The first-order valence-corrected chi connectivity index (χ1v) is 6.87. The molecule has 2 heterocycles. The summed E-state index contributed by atoms with van der Waals surface area (Å²) < 4.78 is 11.4. The lowest BCUT2D eigenvalue weighted by Gasteiger charge is -2.26. The van der Waals surface area contributed by atoms with Crippen molar-refractivity contribution in [1.29, 1.82) is 0 Å². The van der Waals surface area contributed by atoms with E-state index in [1.165, 1.54) is 0 Å². The summed E-state index contributed by atoms with van der Waals surface area (Å²) >= 11 is 0. The number of para-hydroxylation sites is 2. The third-order valence-corrected chi connectivity index (χ3v) is 3.25. The molecule has 22 heavy (non-hydrogen) atoms. The van der Waals surface area contributed by atoms with Gasteiger partial charge in [0.1, 0.15) is 6.61 Å². The molecule has 0 fully saturated rings. The molecule has 3 rings (SSSR count). The second-order valence-electron chi connectivity index (χ2n) is 4.79. The number of nitrogens with zero attached hydrogens (tertiary/aromatic N) is 2. The fraction of sp³-hybridized carbons (Fsp3) is 0.188. The zero-order chi connectivity index (χ0) is 15.4. The third kappa shape index (κ3) is 3.06. The monoisotopic (exact) mass is 297 g/mol. The van der Waals surface area contributed by atoms with Crippen LogP contribution in [0, 0.1) is 0 Å². The van der Waals surface area contributed by atoms with Crippen LogP contribution in [0.15, 0.2) is 53.9 Å². The van der Waals surface area contributed by atoms with Crippen molar-refractivity contribution in [2.75, 3.05) is 6.61 Å². The van der Waals surface area contributed by atoms with Crippen LogP contribution in [0.3, 0.4) is 0 Å². The van der Waals surface area contributed by atoms with Crippen LogP contribution in [0.2, 0.25) is 0 Å². The van der Waals surface area contributed by atoms with Crippen LogP contribution in [0.25, 0.3) is 0 Å². The first kappa shape index (κ1) is 14.1. The van der Waals surface area contributed by atoms with Gasteiger partial charge in [-0.05, 0) is 31.2 Å². The number of hydrogen-bond donors (Lipinski definition) is 1. The van der Waals surface area contributed by atoms with Crippen molar-refractivity contribution in [3.05, 3.63) is 54.4 Å². The summed E-state index contributed by atoms with van der Waals surface area (Å²) in [6.45, 7) is 2.15. The lowest BCUT2D eigenvalue weighted by molar-refractivity contribution is 0.0952. The molecule has 0 bridgehead atoms. The number of amides is 1. The van der Waals surface area contributed by atoms with Crippen LogP contribution in [-0.2, 0) is 0 Å². The zero-order valence-electron chi connectivity index (χ0n) is 12.0. The highest BCUT2D eigenvalue weighted by atomic mass is 16.6. The van der Waals surface area contributed by atoms with Gasteiger partial charge >= 0.3 is 0 Å². The first-order valence-electron chi connectivity index (χ1n) is 6.87. The summed E-state index contributed by atoms with van der Waals surface area (Å²) in [6.07, 6.45) is 2.79. The van der Waals surface area contributed by atoms with Gasteiger partial charge in [-0.25, -0.2) is 5.43 Å². The minimum absolute atomic E-state index is 0.293. The molecule has 0 unspecified atom stereocenters. The van der Waals surface area contributed by atoms with E-state index in [2.05, 4.69) is 15.5 Å². The molecule has 1 N–H and O–H groups in total. The summed E-state index contributed by atoms with van der Waals surface area (Å²) in [5.74, 6) is 1.10. The number of carbonyl (C=O) groups is 1. The quantitative estimate of drug-likeness (QED) is 0.695. The first-order chi connectivity index (χ1) is 10.7. The van der Waals surface area contributed by atoms with Crippen LogP contribution in [0.1, 0.15) is 17.3 Å². The number of aromatic nitrogens is 1. The Morgan fingerprint density at radius 2 is 1.95 bits per heavy atom. The van der Waals surface area contributed by atoms with Crippen LogP contribution in [0.5, 0.6) is 11.5 Å². The van der Waals surface area contributed by atoms with Crippen LogP contribution in [0.4, 0.5) is 0 Å². The highest BCUT2D eigenvalue weighted by Crippen LogP contribution is 2.31. The highest BCUT2D eigenvalue weighted by Gasteiger charge is 2.23. The number of pyridine rings is 1. The largest absolute Gasteiger partial charge is 0.485 e. The number of rotatable bonds is 3. The molecular formula is C16H15N3O3. The van der Waals surface area contributed by atoms with Crippen molar-refractivity contribution >= 4 is 11.6 Å². The molecule has 1 aliphatic heterocycles. The molecule has 0 aliphatic carbocycles. The second-order valence-corrected chi connectivity index (χ2v) is 4.79. The van der Waals surface area contributed by atoms with Crippen LogP contribution < -0.4 is 14.9 Å². The molecule has 1 atom stereocenters. The van der Waals surface area contributed by atoms with Crippen molar-refractivity contribution in [3.8, 4) is 11.5 Å². The number of benzene rings is 1. The average molecular weight is 297 g/mol. The minimum Gasteiger partial charge on any atom is -0.485 e. The Hall–Kier alpha value is -2.89. The van der Waals surface area contributed by atoms with Crippen LogP contribution in [-0.4, -0.2) is 29.3 Å². The summed E-state index contributed by atoms with van der Waals surface area (Å²) in [7, 11) is 0. The lowest BCUT2D eigenvalue weighted by atomic mass is 10.2. The predicted octanol–water partition coefficient (Wildman–Crippen LogP) is 2.03. The maximum absolute atomic E-state index is 11.9. The second kappa shape index (κ2) is 6.26. The van der Waals surface area contributed by atoms with E-state index in [9.17, 15) is 4.79 Å². The standard InChI is InChI=1S/C16H15N3O3/c1-11(18-19-16(20)12-6-8-17-9-7-12)15-10-21-13-4-2-3-5-14(13)22-15/h2-9,15H,10H2,1H3,(H,19,20)/b18-11-/t15-/m1/s1. The molecule has 1 aromatic carbocycles. The molecule has 112 valence electrons. The molecule has 6 heteroatoms. The normalized spacial score (nSPS) is 17.0. The van der Waals surface area contributed by atoms with E-state index in [0.717, 1.165) is 0 Å². The average Bonchev–Trinajstić information content (AvgIpc) is 2.59. The molecule has 1 amide bonds. The van der Waals surface area contributed by atoms with Gasteiger partial charge < -0.3 is 9.47 Å². The smallest absolute Gasteiger partial charge is 0.271 e. The number of nitrogens with one attached hydrogen (secondary N) is 1. The van der Waals surface area contributed by atoms with E-state index in [1.807, 2.05) is 24.3 Å². The van der Waals surface area contributed by atoms with E-state index < -0.39 is 0 Å². The fourth-order valence-corrected chi connectivity index (χ4v) is 2.00. The van der Waals surface area contributed by atoms with Gasteiger partial charge in [0.15, 0.2) is 17.6 Å². The molecular weight excluding hydrogens is 282 g/mol. The van der Waals surface area contributed by atoms with Gasteiger partial charge in [-0.2, -0.15) is 5.10 Å². The Morgan fingerprint density at radius 3 is 2.73 bits per heavy atom. The summed E-state index contributed by atoms with van der Waals surface area (Å²) in [6, 6.07) is 10.7. The van der Waals surface area contributed by atoms with Crippen LogP contribution >= 0.6 is 0 Å². The predicted molar refractivity (Wildman–Crippen MR) is 81.2 cm³/mol. The van der Waals surface area contributed by atoms with E-state index in [4.69, 9.17) is 9.47 Å².